The van der Waals surface area contributed by atoms with E-state index in [0.29, 0.717) is 11.4 Å². The van der Waals surface area contributed by atoms with Crippen LogP contribution in [-0.2, 0) is 6.42 Å². The summed E-state index contributed by atoms with van der Waals surface area (Å²) < 4.78 is 0. The van der Waals surface area contributed by atoms with Crippen LogP contribution in [0.5, 0.6) is 0 Å². The Morgan fingerprint density at radius 3 is 2.45 bits per heavy atom. The first kappa shape index (κ1) is 15.8. The Kier molecular flexibility index (Phi) is 4.67. The molecule has 3 aromatic rings. The molecule has 0 atom stereocenters. The van der Waals surface area contributed by atoms with Crippen LogP contribution in [0, 0.1) is 10.1 Å². The molecule has 2 N–H and O–H groups in total. The van der Waals surface area contributed by atoms with E-state index in [4.69, 9.17) is 0 Å². The number of non-ortho nitro benzene ring substituents is 1. The standard InChI is InChI=1S/C15H11N3O3.BrH/c19-14(10-5-7-11(8-6-10)18(20)21)9-15-16-12-3-1-2-4-13(12)17-15;/h1-8H,9H2,(H,16,17);1H. The molecule has 6 nitrogen and oxygen atoms in total. The Morgan fingerprint density at radius 1 is 1.14 bits per heavy atom. The highest BCUT2D eigenvalue weighted by Gasteiger charge is 2.16. The van der Waals surface area contributed by atoms with Crippen LogP contribution < -0.4 is 22.0 Å². The van der Waals surface area contributed by atoms with E-state index in [0.717, 1.165) is 11.0 Å². The number of nitrogens with one attached hydrogen (secondary N) is 2. The second kappa shape index (κ2) is 6.48. The molecule has 1 aromatic heterocycles. The van der Waals surface area contributed by atoms with Crippen molar-refractivity contribution < 1.29 is 31.7 Å². The molecule has 0 aliphatic carbocycles. The zero-order valence-corrected chi connectivity index (χ0v) is 13.0. The molecule has 1 heterocycles. The number of Topliss-reactive ketones (excluding diaryl/α,β-unsaturated/α-hetero) is 1. The lowest BCUT2D eigenvalue weighted by Gasteiger charge is -1.96. The number of nitro groups is 1. The lowest BCUT2D eigenvalue weighted by molar-refractivity contribution is -0.384. The Labute approximate surface area is 136 Å². The van der Waals surface area contributed by atoms with Crippen molar-refractivity contribution in [3.63, 3.8) is 0 Å². The summed E-state index contributed by atoms with van der Waals surface area (Å²) in [5.74, 6) is 0.604. The highest BCUT2D eigenvalue weighted by Crippen LogP contribution is 2.14. The molecular formula is C15H12BrN3O3. The normalized spacial score (nSPS) is 10.2. The smallest absolute Gasteiger partial charge is 0.269 e. The number of rotatable bonds is 4. The fourth-order valence-electron chi connectivity index (χ4n) is 2.18. The molecule has 0 saturated heterocycles. The quantitative estimate of drug-likeness (QED) is 0.379. The summed E-state index contributed by atoms with van der Waals surface area (Å²) in [6.07, 6.45) is 0.187. The van der Waals surface area contributed by atoms with Crippen LogP contribution in [0.15, 0.2) is 48.5 Å². The average Bonchev–Trinajstić information content (AvgIpc) is 2.89. The van der Waals surface area contributed by atoms with Gasteiger partial charge >= 0.3 is 0 Å². The number of H-pyrrole nitrogens is 2. The monoisotopic (exact) mass is 361 g/mol. The van der Waals surface area contributed by atoms with Gasteiger partial charge in [-0.3, -0.25) is 14.9 Å². The van der Waals surface area contributed by atoms with Gasteiger partial charge < -0.3 is 17.0 Å². The molecule has 0 saturated carbocycles. The van der Waals surface area contributed by atoms with Gasteiger partial charge in [0.25, 0.3) is 11.5 Å². The van der Waals surface area contributed by atoms with E-state index in [1.807, 2.05) is 24.3 Å². The van der Waals surface area contributed by atoms with Crippen LogP contribution >= 0.6 is 0 Å². The number of aromatic nitrogens is 2. The molecule has 0 radical (unpaired) electrons. The molecule has 0 aliphatic heterocycles. The lowest BCUT2D eigenvalue weighted by atomic mass is 10.1. The highest BCUT2D eigenvalue weighted by molar-refractivity contribution is 5.97. The first-order valence-electron chi connectivity index (χ1n) is 6.40. The molecule has 0 unspecified atom stereocenters. The van der Waals surface area contributed by atoms with Crippen LogP contribution in [0.4, 0.5) is 5.69 Å². The van der Waals surface area contributed by atoms with Gasteiger partial charge in [-0.05, 0) is 24.3 Å². The minimum absolute atomic E-state index is 0. The molecule has 0 fully saturated rings. The van der Waals surface area contributed by atoms with Crippen LogP contribution in [0.2, 0.25) is 0 Å². The van der Waals surface area contributed by atoms with Gasteiger partial charge in [0, 0.05) is 17.7 Å². The van der Waals surface area contributed by atoms with Crippen molar-refractivity contribution in [2.45, 2.75) is 6.42 Å². The summed E-state index contributed by atoms with van der Waals surface area (Å²) in [5.41, 5.74) is 2.30. The second-order valence-corrected chi connectivity index (χ2v) is 4.68. The summed E-state index contributed by atoms with van der Waals surface area (Å²) in [5, 5.41) is 10.6. The van der Waals surface area contributed by atoms with Crippen molar-refractivity contribution in [2.24, 2.45) is 0 Å². The summed E-state index contributed by atoms with van der Waals surface area (Å²) in [6, 6.07) is 13.3. The summed E-state index contributed by atoms with van der Waals surface area (Å²) in [6.45, 7) is 0. The predicted molar refractivity (Wildman–Crippen MR) is 76.0 cm³/mol. The summed E-state index contributed by atoms with van der Waals surface area (Å²) in [4.78, 5) is 28.5. The van der Waals surface area contributed by atoms with Crippen LogP contribution in [0.25, 0.3) is 11.0 Å². The number of nitrogens with zero attached hydrogens (tertiary/aromatic N) is 1. The topological polar surface area (TPSA) is 90.1 Å². The number of halogens is 1. The summed E-state index contributed by atoms with van der Waals surface area (Å²) >= 11 is 0. The Morgan fingerprint density at radius 2 is 1.82 bits per heavy atom. The first-order valence-corrected chi connectivity index (χ1v) is 6.40. The van der Waals surface area contributed by atoms with E-state index in [2.05, 4.69) is 9.97 Å². The lowest BCUT2D eigenvalue weighted by Crippen LogP contribution is -3.00. The maximum Gasteiger partial charge on any atom is 0.269 e. The Bertz CT molecular complexity index is 794. The largest absolute Gasteiger partial charge is 1.00 e. The molecule has 0 amide bonds. The first-order chi connectivity index (χ1) is 10.1. The van der Waals surface area contributed by atoms with Gasteiger partial charge in [-0.25, -0.2) is 9.97 Å². The molecule has 3 rings (SSSR count). The van der Waals surface area contributed by atoms with E-state index in [9.17, 15) is 14.9 Å². The fourth-order valence-corrected chi connectivity index (χ4v) is 2.18. The second-order valence-electron chi connectivity index (χ2n) is 4.68. The number of benzene rings is 2. The predicted octanol–water partition coefficient (Wildman–Crippen LogP) is -0.680. The Hall–Kier alpha value is -2.54. The van der Waals surface area contributed by atoms with Gasteiger partial charge in [-0.1, -0.05) is 12.1 Å². The summed E-state index contributed by atoms with van der Waals surface area (Å²) in [7, 11) is 0. The van der Waals surface area contributed by atoms with Crippen LogP contribution in [0.3, 0.4) is 0 Å². The van der Waals surface area contributed by atoms with Crippen molar-refractivity contribution in [3.8, 4) is 0 Å². The van der Waals surface area contributed by atoms with Crippen LogP contribution in [0.1, 0.15) is 16.2 Å². The van der Waals surface area contributed by atoms with E-state index >= 15 is 0 Å². The van der Waals surface area contributed by atoms with Gasteiger partial charge in [-0.2, -0.15) is 0 Å². The number of aromatic amines is 2. The minimum atomic E-state index is -0.486. The third-order valence-electron chi connectivity index (χ3n) is 3.24. The number of nitro benzene ring substituents is 1. The van der Waals surface area contributed by atoms with Crippen molar-refractivity contribution in [1.82, 2.24) is 4.98 Å². The van der Waals surface area contributed by atoms with Gasteiger partial charge in [0.05, 0.1) is 4.92 Å². The zero-order chi connectivity index (χ0) is 14.8. The Balaban J connectivity index is 0.00000176. The number of imidazole rings is 1. The molecule has 7 heteroatoms. The van der Waals surface area contributed by atoms with Gasteiger partial charge in [-0.15, -0.1) is 0 Å². The molecule has 112 valence electrons. The number of para-hydroxylation sites is 2. The maximum atomic E-state index is 12.2. The van der Waals surface area contributed by atoms with E-state index in [1.54, 1.807) is 0 Å². The van der Waals surface area contributed by atoms with E-state index in [-0.39, 0.29) is 34.9 Å². The van der Waals surface area contributed by atoms with Crippen molar-refractivity contribution >= 4 is 22.5 Å². The third kappa shape index (κ3) is 3.20. The molecule has 0 spiro atoms. The highest BCUT2D eigenvalue weighted by atomic mass is 79.9. The molecular weight excluding hydrogens is 350 g/mol. The molecule has 22 heavy (non-hydrogen) atoms. The van der Waals surface area contributed by atoms with Crippen molar-refractivity contribution in [1.29, 1.82) is 0 Å². The molecule has 0 aliphatic rings. The minimum Gasteiger partial charge on any atom is -1.00 e. The van der Waals surface area contributed by atoms with Crippen molar-refractivity contribution in [3.05, 3.63) is 70.0 Å². The molecule has 0 bridgehead atoms. The SMILES string of the molecule is O=C(Cc1[nH]c2ccccc2[nH+]1)c1ccc([N+](=O)[O-])cc1.[Br-]. The van der Waals surface area contributed by atoms with Gasteiger partial charge in [0.1, 0.15) is 6.42 Å². The fraction of sp³-hybridized carbons (Fsp3) is 0.0667. The van der Waals surface area contributed by atoms with E-state index in [1.165, 1.54) is 24.3 Å². The van der Waals surface area contributed by atoms with Gasteiger partial charge in [0.15, 0.2) is 16.8 Å². The maximum absolute atomic E-state index is 12.2. The van der Waals surface area contributed by atoms with Crippen molar-refractivity contribution in [2.75, 3.05) is 0 Å². The number of hydrogen-bond acceptors (Lipinski definition) is 3. The number of ketones is 1. The third-order valence-corrected chi connectivity index (χ3v) is 3.24. The zero-order valence-electron chi connectivity index (χ0n) is 11.4. The number of hydrogen-bond donors (Lipinski definition) is 1. The van der Waals surface area contributed by atoms with E-state index < -0.39 is 4.92 Å². The number of fused-ring (bicyclic) bond motifs is 1. The number of carbonyl (C=O) groups is 1. The average molecular weight is 362 g/mol. The molecule has 2 aromatic carbocycles. The van der Waals surface area contributed by atoms with Gasteiger partial charge in [0.2, 0.25) is 0 Å². The number of carbonyl (C=O) groups excluding carboxylic acids is 1. The van der Waals surface area contributed by atoms with Crippen LogP contribution in [-0.4, -0.2) is 15.7 Å².